The van der Waals surface area contributed by atoms with Crippen LogP contribution in [-0.4, -0.2) is 12.5 Å². The number of carbonyl (C=O) groups is 1. The van der Waals surface area contributed by atoms with Crippen molar-refractivity contribution in [2.24, 2.45) is 5.73 Å². The first-order valence-corrected chi connectivity index (χ1v) is 6.32. The monoisotopic (exact) mass is 258 g/mol. The van der Waals surface area contributed by atoms with Crippen LogP contribution in [0.1, 0.15) is 28.6 Å². The van der Waals surface area contributed by atoms with E-state index in [0.29, 0.717) is 18.8 Å². The zero-order valence-electron chi connectivity index (χ0n) is 11.2. The van der Waals surface area contributed by atoms with Crippen molar-refractivity contribution in [3.63, 3.8) is 0 Å². The van der Waals surface area contributed by atoms with Crippen LogP contribution in [0.15, 0.2) is 41.0 Å². The number of furan rings is 1. The Balaban J connectivity index is 2.29. The molecular formula is C15H18N2O2. The molecule has 0 fully saturated rings. The third kappa shape index (κ3) is 2.69. The Bertz CT molecular complexity index is 558. The minimum absolute atomic E-state index is 0.120. The van der Waals surface area contributed by atoms with Gasteiger partial charge in [-0.25, -0.2) is 0 Å². The maximum absolute atomic E-state index is 12.4. The van der Waals surface area contributed by atoms with Crippen molar-refractivity contribution in [2.75, 3.05) is 11.4 Å². The molecule has 2 N–H and O–H groups in total. The molecule has 2 aromatic rings. The lowest BCUT2D eigenvalue weighted by atomic mass is 10.2. The molecule has 0 saturated heterocycles. The van der Waals surface area contributed by atoms with Gasteiger partial charge < -0.3 is 15.1 Å². The summed E-state index contributed by atoms with van der Waals surface area (Å²) in [7, 11) is 0. The van der Waals surface area contributed by atoms with E-state index in [4.69, 9.17) is 10.2 Å². The van der Waals surface area contributed by atoms with Gasteiger partial charge in [-0.15, -0.1) is 0 Å². The second kappa shape index (κ2) is 5.71. The van der Waals surface area contributed by atoms with Crippen LogP contribution in [-0.2, 0) is 6.54 Å². The molecule has 4 nitrogen and oxygen atoms in total. The lowest BCUT2D eigenvalue weighted by Crippen LogP contribution is -2.30. The fraction of sp³-hybridized carbons (Fsp3) is 0.267. The Kier molecular flexibility index (Phi) is 4.02. The van der Waals surface area contributed by atoms with E-state index < -0.39 is 0 Å². The molecule has 0 aliphatic carbocycles. The molecule has 19 heavy (non-hydrogen) atoms. The van der Waals surface area contributed by atoms with Crippen LogP contribution in [0.4, 0.5) is 5.69 Å². The van der Waals surface area contributed by atoms with Crippen molar-refractivity contribution in [3.05, 3.63) is 53.5 Å². The number of amides is 1. The average Bonchev–Trinajstić information content (AvgIpc) is 2.86. The number of nitrogens with zero attached hydrogens (tertiary/aromatic N) is 1. The quantitative estimate of drug-likeness (QED) is 0.917. The van der Waals surface area contributed by atoms with Crippen LogP contribution in [0.25, 0.3) is 0 Å². The molecule has 0 radical (unpaired) electrons. The first-order chi connectivity index (χ1) is 9.17. The van der Waals surface area contributed by atoms with E-state index in [-0.39, 0.29) is 5.91 Å². The molecule has 100 valence electrons. The molecule has 1 aromatic carbocycles. The third-order valence-electron chi connectivity index (χ3n) is 3.10. The van der Waals surface area contributed by atoms with Gasteiger partial charge in [-0.1, -0.05) is 12.1 Å². The maximum Gasteiger partial charge on any atom is 0.294 e. The smallest absolute Gasteiger partial charge is 0.294 e. The topological polar surface area (TPSA) is 59.5 Å². The summed E-state index contributed by atoms with van der Waals surface area (Å²) >= 11 is 0. The van der Waals surface area contributed by atoms with Gasteiger partial charge in [-0.05, 0) is 37.6 Å². The average molecular weight is 258 g/mol. The molecule has 2 rings (SSSR count). The lowest BCUT2D eigenvalue weighted by Gasteiger charge is -2.20. The molecule has 0 unspecified atom stereocenters. The number of aryl methyl sites for hydroxylation is 1. The molecule has 0 aliphatic rings. The lowest BCUT2D eigenvalue weighted by molar-refractivity contribution is 0.0961. The molecule has 0 bridgehead atoms. The van der Waals surface area contributed by atoms with Gasteiger partial charge in [0.1, 0.15) is 0 Å². The van der Waals surface area contributed by atoms with E-state index in [9.17, 15) is 4.79 Å². The van der Waals surface area contributed by atoms with Gasteiger partial charge in [0.05, 0.1) is 6.26 Å². The van der Waals surface area contributed by atoms with Gasteiger partial charge in [0.15, 0.2) is 5.76 Å². The van der Waals surface area contributed by atoms with Crippen molar-refractivity contribution in [2.45, 2.75) is 20.4 Å². The second-order valence-electron chi connectivity index (χ2n) is 4.35. The van der Waals surface area contributed by atoms with Crippen LogP contribution < -0.4 is 10.6 Å². The van der Waals surface area contributed by atoms with E-state index in [2.05, 4.69) is 0 Å². The number of anilines is 1. The Morgan fingerprint density at radius 1 is 1.26 bits per heavy atom. The Morgan fingerprint density at radius 3 is 2.42 bits per heavy atom. The van der Waals surface area contributed by atoms with Gasteiger partial charge in [0.25, 0.3) is 5.91 Å². The standard InChI is InChI=1S/C15H18N2O2/c1-3-17(13-6-4-12(10-16)5-7-13)15(18)14-11(2)8-9-19-14/h4-9H,3,10,16H2,1-2H3. The molecule has 0 saturated carbocycles. The Hall–Kier alpha value is -2.07. The van der Waals surface area contributed by atoms with Crippen LogP contribution in [0.2, 0.25) is 0 Å². The maximum atomic E-state index is 12.4. The minimum Gasteiger partial charge on any atom is -0.459 e. The fourth-order valence-corrected chi connectivity index (χ4v) is 1.97. The first-order valence-electron chi connectivity index (χ1n) is 6.32. The summed E-state index contributed by atoms with van der Waals surface area (Å²) < 4.78 is 5.26. The summed E-state index contributed by atoms with van der Waals surface area (Å²) in [6.07, 6.45) is 1.54. The number of hydrogen-bond donors (Lipinski definition) is 1. The van der Waals surface area contributed by atoms with Gasteiger partial charge in [-0.2, -0.15) is 0 Å². The summed E-state index contributed by atoms with van der Waals surface area (Å²) in [4.78, 5) is 14.1. The zero-order valence-corrected chi connectivity index (χ0v) is 11.2. The van der Waals surface area contributed by atoms with Gasteiger partial charge in [-0.3, -0.25) is 4.79 Å². The summed E-state index contributed by atoms with van der Waals surface area (Å²) in [5.41, 5.74) is 8.31. The molecular weight excluding hydrogens is 240 g/mol. The third-order valence-corrected chi connectivity index (χ3v) is 3.10. The molecule has 4 heteroatoms. The van der Waals surface area contributed by atoms with E-state index in [0.717, 1.165) is 16.8 Å². The molecule has 1 amide bonds. The van der Waals surface area contributed by atoms with Crippen molar-refractivity contribution in [1.29, 1.82) is 0 Å². The van der Waals surface area contributed by atoms with Crippen molar-refractivity contribution in [3.8, 4) is 0 Å². The predicted octanol–water partition coefficient (Wildman–Crippen LogP) is 2.71. The van der Waals surface area contributed by atoms with Crippen molar-refractivity contribution < 1.29 is 9.21 Å². The highest BCUT2D eigenvalue weighted by Crippen LogP contribution is 2.20. The van der Waals surface area contributed by atoms with Gasteiger partial charge >= 0.3 is 0 Å². The van der Waals surface area contributed by atoms with Gasteiger partial charge in [0, 0.05) is 24.3 Å². The first kappa shape index (κ1) is 13.4. The number of hydrogen-bond acceptors (Lipinski definition) is 3. The van der Waals surface area contributed by atoms with Crippen LogP contribution in [0.3, 0.4) is 0 Å². The van der Waals surface area contributed by atoms with Crippen molar-refractivity contribution in [1.82, 2.24) is 0 Å². The van der Waals surface area contributed by atoms with Crippen LogP contribution in [0, 0.1) is 6.92 Å². The largest absolute Gasteiger partial charge is 0.459 e. The highest BCUT2D eigenvalue weighted by atomic mass is 16.3. The zero-order chi connectivity index (χ0) is 13.8. The molecule has 0 aliphatic heterocycles. The molecule has 1 aromatic heterocycles. The summed E-state index contributed by atoms with van der Waals surface area (Å²) in [6, 6.07) is 9.46. The number of nitrogens with two attached hydrogens (primary N) is 1. The highest BCUT2D eigenvalue weighted by Gasteiger charge is 2.20. The summed E-state index contributed by atoms with van der Waals surface area (Å²) in [5, 5.41) is 0. The Morgan fingerprint density at radius 2 is 1.95 bits per heavy atom. The highest BCUT2D eigenvalue weighted by molar-refractivity contribution is 6.05. The fourth-order valence-electron chi connectivity index (χ4n) is 1.97. The summed E-state index contributed by atoms with van der Waals surface area (Å²) in [5.74, 6) is 0.273. The Labute approximate surface area is 112 Å². The summed E-state index contributed by atoms with van der Waals surface area (Å²) in [6.45, 7) is 4.88. The molecule has 0 spiro atoms. The minimum atomic E-state index is -0.120. The molecule has 0 atom stereocenters. The number of rotatable bonds is 4. The van der Waals surface area contributed by atoms with E-state index in [1.54, 1.807) is 11.0 Å². The predicted molar refractivity (Wildman–Crippen MR) is 75.1 cm³/mol. The van der Waals surface area contributed by atoms with Crippen LogP contribution >= 0.6 is 0 Å². The second-order valence-corrected chi connectivity index (χ2v) is 4.35. The van der Waals surface area contributed by atoms with Crippen LogP contribution in [0.5, 0.6) is 0 Å². The van der Waals surface area contributed by atoms with E-state index >= 15 is 0 Å². The normalized spacial score (nSPS) is 10.5. The van der Waals surface area contributed by atoms with Crippen molar-refractivity contribution >= 4 is 11.6 Å². The SMILES string of the molecule is CCN(C(=O)c1occc1C)c1ccc(CN)cc1. The van der Waals surface area contributed by atoms with E-state index in [1.807, 2.05) is 38.1 Å². The number of benzene rings is 1. The number of carbonyl (C=O) groups excluding carboxylic acids is 1. The molecule has 1 heterocycles. The van der Waals surface area contributed by atoms with Gasteiger partial charge in [0.2, 0.25) is 0 Å². The van der Waals surface area contributed by atoms with E-state index in [1.165, 1.54) is 6.26 Å².